The second kappa shape index (κ2) is 7.48. The highest BCUT2D eigenvalue weighted by atomic mass is 32.2. The lowest BCUT2D eigenvalue weighted by Crippen LogP contribution is -2.23. The molecule has 8 nitrogen and oxygen atoms in total. The van der Waals surface area contributed by atoms with Crippen molar-refractivity contribution >= 4 is 15.7 Å². The maximum atomic E-state index is 12.9. The number of hydrogen-bond acceptors (Lipinski definition) is 7. The molecule has 26 heavy (non-hydrogen) atoms. The highest BCUT2D eigenvalue weighted by Gasteiger charge is 2.19. The zero-order valence-electron chi connectivity index (χ0n) is 13.4. The number of carbonyl (C=O) groups excluding carboxylic acids is 1. The van der Waals surface area contributed by atoms with E-state index in [1.54, 1.807) is 12.1 Å². The van der Waals surface area contributed by atoms with E-state index in [1.807, 2.05) is 0 Å². The summed E-state index contributed by atoms with van der Waals surface area (Å²) in [6.45, 7) is 0.155. The van der Waals surface area contributed by atoms with E-state index in [0.29, 0.717) is 5.76 Å². The van der Waals surface area contributed by atoms with Gasteiger partial charge in [0.1, 0.15) is 11.6 Å². The van der Waals surface area contributed by atoms with Crippen molar-refractivity contribution in [1.29, 1.82) is 0 Å². The summed E-state index contributed by atoms with van der Waals surface area (Å²) in [5, 5.41) is 6.13. The molecule has 0 aliphatic carbocycles. The first-order chi connectivity index (χ1) is 12.4. The third kappa shape index (κ3) is 4.33. The van der Waals surface area contributed by atoms with Crippen molar-refractivity contribution in [2.45, 2.75) is 17.9 Å². The molecular formula is C16H14FN3O5S. The van der Waals surface area contributed by atoms with Crippen molar-refractivity contribution in [1.82, 2.24) is 15.5 Å². The van der Waals surface area contributed by atoms with Gasteiger partial charge in [-0.25, -0.2) is 12.8 Å². The molecule has 0 fully saturated rings. The lowest BCUT2D eigenvalue weighted by atomic mass is 10.4. The standard InChI is InChI=1S/C16H14FN3O5S/c17-11-3-5-13(6-4-11)26(22,23)9-7-14-19-16(25-20-14)15(21)18-10-12-2-1-8-24-12/h1-6,8H,7,9-10H2,(H,18,21). The topological polar surface area (TPSA) is 115 Å². The Balaban J connectivity index is 1.57. The molecule has 136 valence electrons. The normalized spacial score (nSPS) is 11.4. The van der Waals surface area contributed by atoms with Crippen LogP contribution < -0.4 is 5.32 Å². The molecule has 3 aromatic rings. The molecule has 1 aromatic carbocycles. The van der Waals surface area contributed by atoms with Crippen molar-refractivity contribution < 1.29 is 26.5 Å². The number of aromatic nitrogens is 2. The van der Waals surface area contributed by atoms with Gasteiger partial charge in [-0.1, -0.05) is 5.16 Å². The molecule has 0 radical (unpaired) electrons. The number of benzene rings is 1. The molecule has 1 amide bonds. The number of rotatable bonds is 7. The van der Waals surface area contributed by atoms with Gasteiger partial charge in [0.05, 0.1) is 23.5 Å². The summed E-state index contributed by atoms with van der Waals surface area (Å²) in [7, 11) is -3.63. The number of hydrogen-bond donors (Lipinski definition) is 1. The summed E-state index contributed by atoms with van der Waals surface area (Å²) in [4.78, 5) is 15.8. The molecule has 2 aromatic heterocycles. The lowest BCUT2D eigenvalue weighted by molar-refractivity contribution is 0.0904. The van der Waals surface area contributed by atoms with Crippen LogP contribution in [-0.4, -0.2) is 30.2 Å². The Morgan fingerprint density at radius 1 is 1.19 bits per heavy atom. The van der Waals surface area contributed by atoms with Crippen molar-refractivity contribution in [3.63, 3.8) is 0 Å². The minimum Gasteiger partial charge on any atom is -0.467 e. The van der Waals surface area contributed by atoms with Gasteiger partial charge in [-0.2, -0.15) is 4.98 Å². The second-order valence-electron chi connectivity index (χ2n) is 5.30. The van der Waals surface area contributed by atoms with Crippen LogP contribution in [0.3, 0.4) is 0 Å². The molecular weight excluding hydrogens is 365 g/mol. The van der Waals surface area contributed by atoms with Crippen LogP contribution >= 0.6 is 0 Å². The highest BCUT2D eigenvalue weighted by Crippen LogP contribution is 2.13. The summed E-state index contributed by atoms with van der Waals surface area (Å²) < 4.78 is 47.2. The Bertz CT molecular complexity index is 981. The van der Waals surface area contributed by atoms with Crippen molar-refractivity contribution in [3.05, 3.63) is 66.0 Å². The zero-order chi connectivity index (χ0) is 18.6. The van der Waals surface area contributed by atoms with Gasteiger partial charge in [0.25, 0.3) is 0 Å². The van der Waals surface area contributed by atoms with E-state index in [0.717, 1.165) is 12.1 Å². The molecule has 0 aliphatic heterocycles. The fourth-order valence-corrected chi connectivity index (χ4v) is 3.33. The van der Waals surface area contributed by atoms with E-state index < -0.39 is 21.6 Å². The second-order valence-corrected chi connectivity index (χ2v) is 7.41. The Morgan fingerprint density at radius 3 is 2.65 bits per heavy atom. The molecule has 0 atom stereocenters. The van der Waals surface area contributed by atoms with Gasteiger partial charge in [0.15, 0.2) is 15.7 Å². The third-order valence-corrected chi connectivity index (χ3v) is 5.16. The third-order valence-electron chi connectivity index (χ3n) is 3.43. The van der Waals surface area contributed by atoms with Crippen LogP contribution in [0.4, 0.5) is 4.39 Å². The summed E-state index contributed by atoms with van der Waals surface area (Å²) >= 11 is 0. The van der Waals surface area contributed by atoms with Crippen molar-refractivity contribution in [3.8, 4) is 0 Å². The molecule has 0 spiro atoms. The van der Waals surface area contributed by atoms with Gasteiger partial charge in [0.2, 0.25) is 0 Å². The minimum absolute atomic E-state index is 0.00110. The Hall–Kier alpha value is -3.01. The lowest BCUT2D eigenvalue weighted by Gasteiger charge is -2.02. The molecule has 0 saturated heterocycles. The predicted octanol–water partition coefficient (Wildman–Crippen LogP) is 1.75. The highest BCUT2D eigenvalue weighted by molar-refractivity contribution is 7.91. The van der Waals surface area contributed by atoms with Crippen LogP contribution in [0.5, 0.6) is 0 Å². The quantitative estimate of drug-likeness (QED) is 0.622. The Kier molecular flexibility index (Phi) is 5.12. The molecule has 0 saturated carbocycles. The zero-order valence-corrected chi connectivity index (χ0v) is 14.2. The predicted molar refractivity (Wildman–Crippen MR) is 86.3 cm³/mol. The summed E-state index contributed by atoms with van der Waals surface area (Å²) in [6.07, 6.45) is 1.43. The van der Waals surface area contributed by atoms with Crippen molar-refractivity contribution in [2.75, 3.05) is 5.75 Å². The smallest absolute Gasteiger partial charge is 0.315 e. The molecule has 0 aliphatic rings. The van der Waals surface area contributed by atoms with E-state index in [4.69, 9.17) is 8.94 Å². The van der Waals surface area contributed by atoms with E-state index in [9.17, 15) is 17.6 Å². The maximum absolute atomic E-state index is 12.9. The molecule has 0 bridgehead atoms. The van der Waals surface area contributed by atoms with Gasteiger partial charge in [-0.05, 0) is 36.4 Å². The number of nitrogens with zero attached hydrogens (tertiary/aromatic N) is 2. The fourth-order valence-electron chi connectivity index (χ4n) is 2.09. The number of halogens is 1. The SMILES string of the molecule is O=C(NCc1ccco1)c1nc(CCS(=O)(=O)c2ccc(F)cc2)no1. The molecule has 1 N–H and O–H groups in total. The monoisotopic (exact) mass is 379 g/mol. The van der Waals surface area contributed by atoms with Gasteiger partial charge >= 0.3 is 11.8 Å². The van der Waals surface area contributed by atoms with E-state index in [1.165, 1.54) is 18.4 Å². The molecule has 0 unspecified atom stereocenters. The number of sulfone groups is 1. The summed E-state index contributed by atoms with van der Waals surface area (Å²) in [5.74, 6) is -1.05. The number of carbonyl (C=O) groups is 1. The van der Waals surface area contributed by atoms with Crippen LogP contribution in [0.1, 0.15) is 22.3 Å². The fraction of sp³-hybridized carbons (Fsp3) is 0.188. The van der Waals surface area contributed by atoms with Gasteiger partial charge in [0, 0.05) is 6.42 Å². The van der Waals surface area contributed by atoms with Gasteiger partial charge < -0.3 is 14.3 Å². The van der Waals surface area contributed by atoms with E-state index >= 15 is 0 Å². The molecule has 2 heterocycles. The first kappa shape index (κ1) is 17.8. The van der Waals surface area contributed by atoms with Crippen LogP contribution in [0, 0.1) is 5.82 Å². The van der Waals surface area contributed by atoms with Crippen molar-refractivity contribution in [2.24, 2.45) is 0 Å². The molecule has 3 rings (SSSR count). The van der Waals surface area contributed by atoms with Gasteiger partial charge in [-0.3, -0.25) is 4.79 Å². The first-order valence-corrected chi connectivity index (χ1v) is 9.21. The number of nitrogens with one attached hydrogen (secondary N) is 1. The summed E-state index contributed by atoms with van der Waals surface area (Å²) in [5.41, 5.74) is 0. The number of furan rings is 1. The van der Waals surface area contributed by atoms with Crippen LogP contribution in [0.25, 0.3) is 0 Å². The molecule has 10 heteroatoms. The van der Waals surface area contributed by atoms with E-state index in [-0.39, 0.29) is 35.3 Å². The van der Waals surface area contributed by atoms with Crippen LogP contribution in [-0.2, 0) is 22.8 Å². The van der Waals surface area contributed by atoms with Crippen LogP contribution in [0.2, 0.25) is 0 Å². The Labute approximate surface area is 147 Å². The van der Waals surface area contributed by atoms with Gasteiger partial charge in [-0.15, -0.1) is 0 Å². The largest absolute Gasteiger partial charge is 0.467 e. The average molecular weight is 379 g/mol. The summed E-state index contributed by atoms with van der Waals surface area (Å²) in [6, 6.07) is 7.90. The minimum atomic E-state index is -3.63. The number of aryl methyl sites for hydroxylation is 1. The van der Waals surface area contributed by atoms with Crippen LogP contribution in [0.15, 0.2) is 56.5 Å². The first-order valence-electron chi connectivity index (χ1n) is 7.55. The Morgan fingerprint density at radius 2 is 1.96 bits per heavy atom. The number of amides is 1. The average Bonchev–Trinajstić information content (AvgIpc) is 3.30. The maximum Gasteiger partial charge on any atom is 0.315 e. The van der Waals surface area contributed by atoms with E-state index in [2.05, 4.69) is 15.5 Å².